The number of hydrogen-bond acceptors (Lipinski definition) is 3. The molecular formula is C22H30IN3O2. The lowest BCUT2D eigenvalue weighted by Gasteiger charge is -2.15. The smallest absolute Gasteiger partial charge is 0.193 e. The van der Waals surface area contributed by atoms with E-state index in [0.29, 0.717) is 19.1 Å². The molecule has 0 aliphatic carbocycles. The lowest BCUT2D eigenvalue weighted by Crippen LogP contribution is -2.22. The van der Waals surface area contributed by atoms with E-state index in [-0.39, 0.29) is 30.1 Å². The van der Waals surface area contributed by atoms with Crippen molar-refractivity contribution in [2.75, 3.05) is 18.5 Å². The van der Waals surface area contributed by atoms with Crippen LogP contribution in [0.15, 0.2) is 47.5 Å². The molecule has 0 bridgehead atoms. The Labute approximate surface area is 184 Å². The van der Waals surface area contributed by atoms with Crippen LogP contribution in [0.1, 0.15) is 36.5 Å². The minimum Gasteiger partial charge on any atom is -0.491 e. The standard InChI is InChI=1S/C22H29N3O2.HI/c1-3-17-7-10-19(11-8-17)25-22(23)24-14-18-9-6-16(2)13-21(18)27-15-20-5-4-12-26-20;/h6-11,13,20H,3-5,12,14-15H2,1-2H3,(H3,23,24,25);1H. The maximum Gasteiger partial charge on any atom is 0.193 e. The Morgan fingerprint density at radius 2 is 2.04 bits per heavy atom. The van der Waals surface area contributed by atoms with Gasteiger partial charge in [0.25, 0.3) is 0 Å². The molecule has 2 aromatic carbocycles. The third kappa shape index (κ3) is 6.67. The van der Waals surface area contributed by atoms with Crippen molar-refractivity contribution in [3.8, 4) is 5.75 Å². The van der Waals surface area contributed by atoms with Crippen LogP contribution < -0.4 is 15.8 Å². The number of aryl methyl sites for hydroxylation is 2. The summed E-state index contributed by atoms with van der Waals surface area (Å²) in [5.41, 5.74) is 10.5. The molecule has 0 radical (unpaired) electrons. The number of aliphatic imine (C=N–C) groups is 1. The molecule has 3 rings (SSSR count). The molecule has 1 fully saturated rings. The van der Waals surface area contributed by atoms with Crippen molar-refractivity contribution in [3.63, 3.8) is 0 Å². The van der Waals surface area contributed by atoms with Crippen molar-refractivity contribution in [1.29, 1.82) is 0 Å². The fourth-order valence-electron chi connectivity index (χ4n) is 3.07. The number of benzene rings is 2. The van der Waals surface area contributed by atoms with Crippen LogP contribution in [0.4, 0.5) is 5.69 Å². The summed E-state index contributed by atoms with van der Waals surface area (Å²) in [5.74, 6) is 1.25. The van der Waals surface area contributed by atoms with Gasteiger partial charge in [0.2, 0.25) is 0 Å². The maximum atomic E-state index is 6.06. The molecule has 3 N–H and O–H groups in total. The Kier molecular flexibility index (Phi) is 9.05. The average Bonchev–Trinajstić information content (AvgIpc) is 3.20. The SMILES string of the molecule is CCc1ccc(NC(N)=NCc2ccc(C)cc2OCC2CCCO2)cc1.I. The molecule has 1 unspecified atom stereocenters. The van der Waals surface area contributed by atoms with Gasteiger partial charge in [-0.05, 0) is 55.5 Å². The molecule has 5 nitrogen and oxygen atoms in total. The minimum atomic E-state index is 0. The topological polar surface area (TPSA) is 68.9 Å². The van der Waals surface area contributed by atoms with E-state index < -0.39 is 0 Å². The van der Waals surface area contributed by atoms with Gasteiger partial charge in [-0.15, -0.1) is 24.0 Å². The molecule has 1 aliphatic heterocycles. The summed E-state index contributed by atoms with van der Waals surface area (Å²) < 4.78 is 11.7. The van der Waals surface area contributed by atoms with E-state index in [1.165, 1.54) is 5.56 Å². The summed E-state index contributed by atoms with van der Waals surface area (Å²) in [5, 5.41) is 3.14. The van der Waals surface area contributed by atoms with E-state index in [2.05, 4.69) is 42.4 Å². The first-order valence-electron chi connectivity index (χ1n) is 9.64. The summed E-state index contributed by atoms with van der Waals surface area (Å²) in [4.78, 5) is 4.47. The van der Waals surface area contributed by atoms with Gasteiger partial charge in [0.15, 0.2) is 5.96 Å². The molecule has 0 amide bonds. The second kappa shape index (κ2) is 11.3. The molecular weight excluding hydrogens is 465 g/mol. The van der Waals surface area contributed by atoms with Gasteiger partial charge in [0, 0.05) is 17.9 Å². The molecule has 2 aromatic rings. The van der Waals surface area contributed by atoms with Crippen LogP contribution in [0.3, 0.4) is 0 Å². The first kappa shape index (κ1) is 22.5. The Hall–Kier alpha value is -1.80. The maximum absolute atomic E-state index is 6.06. The first-order chi connectivity index (χ1) is 13.1. The van der Waals surface area contributed by atoms with Crippen LogP contribution >= 0.6 is 24.0 Å². The number of nitrogens with zero attached hydrogens (tertiary/aromatic N) is 1. The fraction of sp³-hybridized carbons (Fsp3) is 0.409. The Morgan fingerprint density at radius 1 is 1.25 bits per heavy atom. The zero-order chi connectivity index (χ0) is 19.1. The monoisotopic (exact) mass is 495 g/mol. The van der Waals surface area contributed by atoms with Gasteiger partial charge in [0.05, 0.1) is 12.6 Å². The lowest BCUT2D eigenvalue weighted by atomic mass is 10.1. The van der Waals surface area contributed by atoms with Gasteiger partial charge in [-0.25, -0.2) is 4.99 Å². The highest BCUT2D eigenvalue weighted by Crippen LogP contribution is 2.23. The predicted molar refractivity (Wildman–Crippen MR) is 126 cm³/mol. The van der Waals surface area contributed by atoms with E-state index in [0.717, 1.165) is 48.4 Å². The second-order valence-electron chi connectivity index (χ2n) is 6.93. The lowest BCUT2D eigenvalue weighted by molar-refractivity contribution is 0.0676. The van der Waals surface area contributed by atoms with Crippen LogP contribution in [0, 0.1) is 6.92 Å². The van der Waals surface area contributed by atoms with Gasteiger partial charge in [-0.1, -0.05) is 31.2 Å². The number of nitrogens with one attached hydrogen (secondary N) is 1. The number of halogens is 1. The molecule has 1 atom stereocenters. The molecule has 0 aromatic heterocycles. The van der Waals surface area contributed by atoms with Gasteiger partial charge >= 0.3 is 0 Å². The Bertz CT molecular complexity index is 772. The second-order valence-corrected chi connectivity index (χ2v) is 6.93. The molecule has 0 saturated carbocycles. The Morgan fingerprint density at radius 3 is 2.71 bits per heavy atom. The van der Waals surface area contributed by atoms with Crippen LogP contribution in [0.2, 0.25) is 0 Å². The number of anilines is 1. The molecule has 0 spiro atoms. The fourth-order valence-corrected chi connectivity index (χ4v) is 3.07. The molecule has 1 saturated heterocycles. The summed E-state index contributed by atoms with van der Waals surface area (Å²) in [6, 6.07) is 14.4. The predicted octanol–water partition coefficient (Wildman–Crippen LogP) is 4.66. The number of hydrogen-bond donors (Lipinski definition) is 2. The van der Waals surface area contributed by atoms with E-state index in [4.69, 9.17) is 15.2 Å². The van der Waals surface area contributed by atoms with Crippen LogP contribution in [-0.2, 0) is 17.7 Å². The third-order valence-electron chi connectivity index (χ3n) is 4.73. The number of nitrogens with two attached hydrogens (primary N) is 1. The summed E-state index contributed by atoms with van der Waals surface area (Å²) in [6.07, 6.45) is 3.39. The zero-order valence-corrected chi connectivity index (χ0v) is 18.9. The number of guanidine groups is 1. The van der Waals surface area contributed by atoms with Gasteiger partial charge in [0.1, 0.15) is 12.4 Å². The van der Waals surface area contributed by atoms with Gasteiger partial charge in [-0.3, -0.25) is 0 Å². The van der Waals surface area contributed by atoms with Crippen LogP contribution in [0.5, 0.6) is 5.75 Å². The molecule has 1 aliphatic rings. The van der Waals surface area contributed by atoms with Crippen LogP contribution in [-0.4, -0.2) is 25.3 Å². The summed E-state index contributed by atoms with van der Waals surface area (Å²) in [6.45, 7) is 6.07. The minimum absolute atomic E-state index is 0. The van der Waals surface area contributed by atoms with Crippen molar-refractivity contribution in [1.82, 2.24) is 0 Å². The van der Waals surface area contributed by atoms with Crippen molar-refractivity contribution in [2.45, 2.75) is 45.8 Å². The normalized spacial score (nSPS) is 16.5. The largest absolute Gasteiger partial charge is 0.491 e. The Balaban J connectivity index is 0.00000280. The van der Waals surface area contributed by atoms with Gasteiger partial charge in [-0.2, -0.15) is 0 Å². The van der Waals surface area contributed by atoms with Gasteiger partial charge < -0.3 is 20.5 Å². The van der Waals surface area contributed by atoms with E-state index in [1.807, 2.05) is 24.3 Å². The third-order valence-corrected chi connectivity index (χ3v) is 4.73. The van der Waals surface area contributed by atoms with E-state index in [1.54, 1.807) is 0 Å². The molecule has 1 heterocycles. The van der Waals surface area contributed by atoms with Crippen LogP contribution in [0.25, 0.3) is 0 Å². The highest BCUT2D eigenvalue weighted by molar-refractivity contribution is 14.0. The average molecular weight is 495 g/mol. The van der Waals surface area contributed by atoms with Crippen molar-refractivity contribution >= 4 is 35.6 Å². The van der Waals surface area contributed by atoms with Crippen molar-refractivity contribution in [2.24, 2.45) is 10.7 Å². The molecule has 152 valence electrons. The van der Waals surface area contributed by atoms with Crippen molar-refractivity contribution < 1.29 is 9.47 Å². The van der Waals surface area contributed by atoms with E-state index in [9.17, 15) is 0 Å². The number of rotatable bonds is 7. The summed E-state index contributed by atoms with van der Waals surface area (Å²) >= 11 is 0. The van der Waals surface area contributed by atoms with Crippen molar-refractivity contribution in [3.05, 3.63) is 59.2 Å². The highest BCUT2D eigenvalue weighted by Gasteiger charge is 2.16. The first-order valence-corrected chi connectivity index (χ1v) is 9.64. The quantitative estimate of drug-likeness (QED) is 0.333. The molecule has 6 heteroatoms. The van der Waals surface area contributed by atoms with E-state index >= 15 is 0 Å². The zero-order valence-electron chi connectivity index (χ0n) is 16.6. The number of ether oxygens (including phenoxy) is 2. The molecule has 28 heavy (non-hydrogen) atoms. The highest BCUT2D eigenvalue weighted by atomic mass is 127. The summed E-state index contributed by atoms with van der Waals surface area (Å²) in [7, 11) is 0.